The van der Waals surface area contributed by atoms with Crippen molar-refractivity contribution in [1.82, 2.24) is 0 Å². The number of esters is 1. The van der Waals surface area contributed by atoms with Gasteiger partial charge in [-0.15, -0.1) is 0 Å². The first-order valence-electron chi connectivity index (χ1n) is 6.24. The molecule has 1 saturated heterocycles. The van der Waals surface area contributed by atoms with Gasteiger partial charge in [0, 0.05) is 13.1 Å². The highest BCUT2D eigenvalue weighted by molar-refractivity contribution is 5.77. The van der Waals surface area contributed by atoms with E-state index in [9.17, 15) is 4.79 Å². The largest absolute Gasteiger partial charge is 0.495 e. The topological polar surface area (TPSA) is 38.8 Å². The Labute approximate surface area is 107 Å². The smallest absolute Gasteiger partial charge is 0.310 e. The molecule has 0 amide bonds. The van der Waals surface area contributed by atoms with E-state index in [0.29, 0.717) is 6.42 Å². The van der Waals surface area contributed by atoms with Crippen LogP contribution in [-0.4, -0.2) is 33.3 Å². The van der Waals surface area contributed by atoms with Gasteiger partial charge in [-0.25, -0.2) is 0 Å². The molecule has 0 aliphatic carbocycles. The minimum atomic E-state index is -0.219. The number of rotatable bonds is 4. The summed E-state index contributed by atoms with van der Waals surface area (Å²) < 4.78 is 10.2. The first-order valence-corrected chi connectivity index (χ1v) is 6.24. The molecule has 0 bridgehead atoms. The zero-order valence-electron chi connectivity index (χ0n) is 10.9. The van der Waals surface area contributed by atoms with E-state index in [1.54, 1.807) is 7.11 Å². The Bertz CT molecular complexity index is 425. The summed E-state index contributed by atoms with van der Waals surface area (Å²) in [5.41, 5.74) is 2.02. The highest BCUT2D eigenvalue weighted by Crippen LogP contribution is 2.34. The summed E-state index contributed by atoms with van der Waals surface area (Å²) in [6.45, 7) is 2.04. The van der Waals surface area contributed by atoms with Crippen LogP contribution in [0.5, 0.6) is 5.75 Å². The molecule has 0 spiro atoms. The van der Waals surface area contributed by atoms with Crippen LogP contribution in [0, 0.1) is 0 Å². The number of benzene rings is 1. The lowest BCUT2D eigenvalue weighted by Crippen LogP contribution is -2.21. The van der Waals surface area contributed by atoms with Gasteiger partial charge < -0.3 is 14.4 Å². The molecule has 1 aliphatic rings. The molecule has 0 radical (unpaired) electrons. The number of para-hydroxylation sites is 1. The Kier molecular flexibility index (Phi) is 4.07. The molecule has 1 aliphatic heterocycles. The van der Waals surface area contributed by atoms with Crippen LogP contribution in [-0.2, 0) is 16.0 Å². The molecule has 2 rings (SSSR count). The molecule has 0 N–H and O–H groups in total. The van der Waals surface area contributed by atoms with Crippen LogP contribution < -0.4 is 9.64 Å². The zero-order valence-corrected chi connectivity index (χ0v) is 10.9. The number of anilines is 1. The van der Waals surface area contributed by atoms with E-state index in [0.717, 1.165) is 30.1 Å². The zero-order chi connectivity index (χ0) is 13.0. The lowest BCUT2D eigenvalue weighted by atomic mass is 10.1. The fraction of sp³-hybridized carbons (Fsp3) is 0.500. The summed E-state index contributed by atoms with van der Waals surface area (Å²) in [5.74, 6) is 0.613. The molecule has 0 atom stereocenters. The van der Waals surface area contributed by atoms with Gasteiger partial charge in [0.25, 0.3) is 0 Å². The van der Waals surface area contributed by atoms with Crippen molar-refractivity contribution >= 4 is 11.7 Å². The third kappa shape index (κ3) is 2.58. The Morgan fingerprint density at radius 2 is 2.00 bits per heavy atom. The van der Waals surface area contributed by atoms with Crippen molar-refractivity contribution in [3.05, 3.63) is 23.8 Å². The maximum atomic E-state index is 11.5. The number of ether oxygens (including phenoxy) is 2. The van der Waals surface area contributed by atoms with Crippen molar-refractivity contribution in [2.24, 2.45) is 0 Å². The second kappa shape index (κ2) is 5.76. The number of carbonyl (C=O) groups is 1. The van der Waals surface area contributed by atoms with Gasteiger partial charge in [-0.05, 0) is 24.5 Å². The van der Waals surface area contributed by atoms with Crippen molar-refractivity contribution in [2.45, 2.75) is 19.3 Å². The predicted octanol–water partition coefficient (Wildman–Crippen LogP) is 2.01. The van der Waals surface area contributed by atoms with E-state index < -0.39 is 0 Å². The SMILES string of the molecule is COC(=O)Cc1cccc(OC)c1N1CCCC1. The van der Waals surface area contributed by atoms with Gasteiger partial charge in [0.15, 0.2) is 0 Å². The van der Waals surface area contributed by atoms with Crippen molar-refractivity contribution < 1.29 is 14.3 Å². The maximum absolute atomic E-state index is 11.5. The number of carbonyl (C=O) groups excluding carboxylic acids is 1. The van der Waals surface area contributed by atoms with Crippen LogP contribution in [0.15, 0.2) is 18.2 Å². The molecular formula is C14H19NO3. The Morgan fingerprint density at radius 3 is 2.61 bits per heavy atom. The predicted molar refractivity (Wildman–Crippen MR) is 70.2 cm³/mol. The highest BCUT2D eigenvalue weighted by Gasteiger charge is 2.21. The molecule has 0 aromatic heterocycles. The first kappa shape index (κ1) is 12.7. The summed E-state index contributed by atoms with van der Waals surface area (Å²) >= 11 is 0. The van der Waals surface area contributed by atoms with E-state index in [2.05, 4.69) is 4.90 Å². The Morgan fingerprint density at radius 1 is 1.28 bits per heavy atom. The van der Waals surface area contributed by atoms with E-state index in [4.69, 9.17) is 9.47 Å². The van der Waals surface area contributed by atoms with E-state index in [1.165, 1.54) is 20.0 Å². The van der Waals surface area contributed by atoms with Crippen LogP contribution in [0.25, 0.3) is 0 Å². The van der Waals surface area contributed by atoms with E-state index in [-0.39, 0.29) is 5.97 Å². The molecule has 18 heavy (non-hydrogen) atoms. The normalized spacial score (nSPS) is 14.7. The number of hydrogen-bond acceptors (Lipinski definition) is 4. The molecule has 1 fully saturated rings. The van der Waals surface area contributed by atoms with Gasteiger partial charge in [-0.3, -0.25) is 4.79 Å². The minimum Gasteiger partial charge on any atom is -0.495 e. The quantitative estimate of drug-likeness (QED) is 0.765. The van der Waals surface area contributed by atoms with Crippen molar-refractivity contribution in [2.75, 3.05) is 32.2 Å². The maximum Gasteiger partial charge on any atom is 0.310 e. The molecule has 4 heteroatoms. The average Bonchev–Trinajstić information content (AvgIpc) is 2.91. The van der Waals surface area contributed by atoms with Crippen molar-refractivity contribution in [3.8, 4) is 5.75 Å². The fourth-order valence-electron chi connectivity index (χ4n) is 2.40. The molecule has 1 heterocycles. The van der Waals surface area contributed by atoms with Gasteiger partial charge in [0.1, 0.15) is 5.75 Å². The van der Waals surface area contributed by atoms with E-state index in [1.807, 2.05) is 18.2 Å². The van der Waals surface area contributed by atoms with Crippen molar-refractivity contribution in [3.63, 3.8) is 0 Å². The molecule has 0 saturated carbocycles. The summed E-state index contributed by atoms with van der Waals surface area (Å²) in [6, 6.07) is 5.82. The van der Waals surface area contributed by atoms with Gasteiger partial charge >= 0.3 is 5.97 Å². The Hall–Kier alpha value is -1.71. The van der Waals surface area contributed by atoms with Crippen molar-refractivity contribution in [1.29, 1.82) is 0 Å². The third-order valence-electron chi connectivity index (χ3n) is 3.29. The average molecular weight is 249 g/mol. The summed E-state index contributed by atoms with van der Waals surface area (Å²) in [5, 5.41) is 0. The second-order valence-electron chi connectivity index (χ2n) is 4.42. The summed E-state index contributed by atoms with van der Waals surface area (Å²) in [4.78, 5) is 13.8. The minimum absolute atomic E-state index is 0.219. The summed E-state index contributed by atoms with van der Waals surface area (Å²) in [6.07, 6.45) is 2.67. The molecular weight excluding hydrogens is 230 g/mol. The monoisotopic (exact) mass is 249 g/mol. The van der Waals surface area contributed by atoms with Crippen LogP contribution in [0.1, 0.15) is 18.4 Å². The first-order chi connectivity index (χ1) is 8.76. The lowest BCUT2D eigenvalue weighted by Gasteiger charge is -2.23. The van der Waals surface area contributed by atoms with Crippen LogP contribution in [0.3, 0.4) is 0 Å². The second-order valence-corrected chi connectivity index (χ2v) is 4.42. The molecule has 98 valence electrons. The lowest BCUT2D eigenvalue weighted by molar-refractivity contribution is -0.139. The summed E-state index contributed by atoms with van der Waals surface area (Å²) in [7, 11) is 3.08. The Balaban J connectivity index is 2.34. The van der Waals surface area contributed by atoms with Gasteiger partial charge in [-0.1, -0.05) is 12.1 Å². The molecule has 4 nitrogen and oxygen atoms in total. The number of methoxy groups -OCH3 is 2. The van der Waals surface area contributed by atoms with Crippen LogP contribution in [0.2, 0.25) is 0 Å². The number of nitrogens with zero attached hydrogens (tertiary/aromatic N) is 1. The number of hydrogen-bond donors (Lipinski definition) is 0. The fourth-order valence-corrected chi connectivity index (χ4v) is 2.40. The van der Waals surface area contributed by atoms with Gasteiger partial charge in [0.2, 0.25) is 0 Å². The standard InChI is InChI=1S/C14H19NO3/c1-17-12-7-5-6-11(10-13(16)18-2)14(12)15-8-3-4-9-15/h5-7H,3-4,8-10H2,1-2H3. The van der Waals surface area contributed by atoms with Crippen LogP contribution >= 0.6 is 0 Å². The van der Waals surface area contributed by atoms with Crippen LogP contribution in [0.4, 0.5) is 5.69 Å². The third-order valence-corrected chi connectivity index (χ3v) is 3.29. The van der Waals surface area contributed by atoms with Gasteiger partial charge in [-0.2, -0.15) is 0 Å². The van der Waals surface area contributed by atoms with Gasteiger partial charge in [0.05, 0.1) is 26.3 Å². The molecule has 0 unspecified atom stereocenters. The molecule has 1 aromatic rings. The highest BCUT2D eigenvalue weighted by atomic mass is 16.5. The molecule has 1 aromatic carbocycles. The van der Waals surface area contributed by atoms with E-state index >= 15 is 0 Å².